The lowest BCUT2D eigenvalue weighted by Gasteiger charge is -2.01. The van der Waals surface area contributed by atoms with Crippen LogP contribution in [0, 0.1) is 0 Å². The van der Waals surface area contributed by atoms with Crippen LogP contribution in [0.4, 0.5) is 0 Å². The predicted molar refractivity (Wildman–Crippen MR) is 63.0 cm³/mol. The molecule has 0 N–H and O–H groups in total. The Morgan fingerprint density at radius 2 is 2.12 bits per heavy atom. The van der Waals surface area contributed by atoms with Crippen molar-refractivity contribution in [1.82, 2.24) is 0 Å². The third-order valence-electron chi connectivity index (χ3n) is 2.62. The Morgan fingerprint density at radius 1 is 1.44 bits per heavy atom. The van der Waals surface area contributed by atoms with Gasteiger partial charge in [0, 0.05) is 10.7 Å². The number of halogens is 1. The van der Waals surface area contributed by atoms with Crippen LogP contribution >= 0.6 is 11.6 Å². The summed E-state index contributed by atoms with van der Waals surface area (Å²) in [6, 6.07) is 7.15. The van der Waals surface area contributed by atoms with E-state index in [-0.39, 0.29) is 12.0 Å². The van der Waals surface area contributed by atoms with Crippen LogP contribution < -0.4 is 0 Å². The van der Waals surface area contributed by atoms with Gasteiger partial charge in [-0.3, -0.25) is 4.99 Å². The van der Waals surface area contributed by atoms with E-state index in [9.17, 15) is 4.79 Å². The van der Waals surface area contributed by atoms with Crippen LogP contribution in [0.3, 0.4) is 0 Å². The highest BCUT2D eigenvalue weighted by Gasteiger charge is 2.25. The van der Waals surface area contributed by atoms with Crippen molar-refractivity contribution < 1.29 is 9.53 Å². The van der Waals surface area contributed by atoms with E-state index < -0.39 is 0 Å². The molecule has 0 bridgehead atoms. The van der Waals surface area contributed by atoms with E-state index in [0.717, 1.165) is 24.1 Å². The van der Waals surface area contributed by atoms with E-state index in [2.05, 4.69) is 9.73 Å². The maximum atomic E-state index is 11.3. The lowest BCUT2D eigenvalue weighted by molar-refractivity contribution is -0.141. The van der Waals surface area contributed by atoms with Crippen molar-refractivity contribution >= 4 is 23.3 Å². The number of ether oxygens (including phenoxy) is 1. The highest BCUT2D eigenvalue weighted by atomic mass is 35.5. The normalized spacial score (nSPS) is 19.4. The van der Waals surface area contributed by atoms with Gasteiger partial charge in [-0.1, -0.05) is 23.7 Å². The fourth-order valence-electron chi connectivity index (χ4n) is 1.76. The molecule has 0 saturated carbocycles. The van der Waals surface area contributed by atoms with E-state index in [0.29, 0.717) is 5.02 Å². The lowest BCUT2D eigenvalue weighted by Crippen LogP contribution is -2.16. The van der Waals surface area contributed by atoms with Crippen molar-refractivity contribution in [2.75, 3.05) is 7.11 Å². The zero-order chi connectivity index (χ0) is 11.5. The molecule has 1 unspecified atom stereocenters. The molecular weight excluding hydrogens is 226 g/mol. The molecule has 0 saturated heterocycles. The lowest BCUT2D eigenvalue weighted by atomic mass is 10.1. The highest BCUT2D eigenvalue weighted by molar-refractivity contribution is 6.30. The van der Waals surface area contributed by atoms with Gasteiger partial charge in [0.15, 0.2) is 0 Å². The van der Waals surface area contributed by atoms with Gasteiger partial charge in [-0.05, 0) is 30.5 Å². The molecule has 1 heterocycles. The second kappa shape index (κ2) is 4.66. The second-order valence-corrected chi connectivity index (χ2v) is 4.10. The molecule has 0 spiro atoms. The van der Waals surface area contributed by atoms with E-state index in [4.69, 9.17) is 11.6 Å². The first-order chi connectivity index (χ1) is 7.70. The summed E-state index contributed by atoms with van der Waals surface area (Å²) in [5, 5.41) is 0.701. The van der Waals surface area contributed by atoms with Crippen LogP contribution in [0.1, 0.15) is 18.4 Å². The summed E-state index contributed by atoms with van der Waals surface area (Å²) in [7, 11) is 1.39. The first kappa shape index (κ1) is 11.1. The summed E-state index contributed by atoms with van der Waals surface area (Å²) >= 11 is 5.81. The molecule has 16 heavy (non-hydrogen) atoms. The summed E-state index contributed by atoms with van der Waals surface area (Å²) in [4.78, 5) is 15.7. The molecule has 1 aromatic rings. The van der Waals surface area contributed by atoms with Gasteiger partial charge < -0.3 is 4.74 Å². The molecule has 0 aromatic heterocycles. The summed E-state index contributed by atoms with van der Waals surface area (Å²) in [5.41, 5.74) is 1.97. The maximum absolute atomic E-state index is 11.3. The molecule has 0 aliphatic carbocycles. The van der Waals surface area contributed by atoms with Crippen LogP contribution in [-0.4, -0.2) is 24.8 Å². The zero-order valence-electron chi connectivity index (χ0n) is 8.94. The summed E-state index contributed by atoms with van der Waals surface area (Å²) in [6.07, 6.45) is 1.53. The largest absolute Gasteiger partial charge is 0.467 e. The van der Waals surface area contributed by atoms with Gasteiger partial charge >= 0.3 is 5.97 Å². The number of methoxy groups -OCH3 is 1. The molecule has 0 fully saturated rings. The average Bonchev–Trinajstić information content (AvgIpc) is 2.78. The molecular formula is C12H12ClNO2. The number of hydrogen-bond acceptors (Lipinski definition) is 3. The number of benzene rings is 1. The maximum Gasteiger partial charge on any atom is 0.330 e. The van der Waals surface area contributed by atoms with E-state index in [1.54, 1.807) is 0 Å². The van der Waals surface area contributed by atoms with E-state index in [1.807, 2.05) is 24.3 Å². The Balaban J connectivity index is 2.17. The van der Waals surface area contributed by atoms with Crippen LogP contribution in [-0.2, 0) is 9.53 Å². The van der Waals surface area contributed by atoms with Gasteiger partial charge in [-0.15, -0.1) is 0 Å². The SMILES string of the molecule is COC(=O)C1CCC(c2ccc(Cl)cc2)=N1. The Kier molecular flexibility index (Phi) is 3.25. The van der Waals surface area contributed by atoms with Crippen LogP contribution in [0.5, 0.6) is 0 Å². The number of rotatable bonds is 2. The Labute approximate surface area is 99.1 Å². The first-order valence-corrected chi connectivity index (χ1v) is 5.49. The fraction of sp³-hybridized carbons (Fsp3) is 0.333. The van der Waals surface area contributed by atoms with Crippen LogP contribution in [0.2, 0.25) is 5.02 Å². The Morgan fingerprint density at radius 3 is 2.75 bits per heavy atom. The average molecular weight is 238 g/mol. The van der Waals surface area contributed by atoms with Crippen molar-refractivity contribution in [1.29, 1.82) is 0 Å². The number of carbonyl (C=O) groups is 1. The molecule has 3 nitrogen and oxygen atoms in total. The van der Waals surface area contributed by atoms with E-state index in [1.165, 1.54) is 7.11 Å². The van der Waals surface area contributed by atoms with Crippen molar-refractivity contribution in [2.45, 2.75) is 18.9 Å². The minimum atomic E-state index is -0.337. The highest BCUT2D eigenvalue weighted by Crippen LogP contribution is 2.20. The van der Waals surface area contributed by atoms with Crippen LogP contribution in [0.15, 0.2) is 29.3 Å². The number of esters is 1. The molecule has 1 aliphatic heterocycles. The fourth-order valence-corrected chi connectivity index (χ4v) is 1.88. The molecule has 1 aliphatic rings. The van der Waals surface area contributed by atoms with Gasteiger partial charge in [0.25, 0.3) is 0 Å². The zero-order valence-corrected chi connectivity index (χ0v) is 9.70. The molecule has 4 heteroatoms. The summed E-state index contributed by atoms with van der Waals surface area (Å²) in [5.74, 6) is -0.260. The molecule has 2 rings (SSSR count). The molecule has 84 valence electrons. The minimum absolute atomic E-state index is 0.260. The van der Waals surface area contributed by atoms with Crippen LogP contribution in [0.25, 0.3) is 0 Å². The topological polar surface area (TPSA) is 38.7 Å². The molecule has 0 radical (unpaired) electrons. The van der Waals surface area contributed by atoms with Crippen molar-refractivity contribution in [3.8, 4) is 0 Å². The van der Waals surface area contributed by atoms with E-state index >= 15 is 0 Å². The number of nitrogens with zero attached hydrogens (tertiary/aromatic N) is 1. The number of hydrogen-bond donors (Lipinski definition) is 0. The summed E-state index contributed by atoms with van der Waals surface area (Å²) in [6.45, 7) is 0. The van der Waals surface area contributed by atoms with Crippen molar-refractivity contribution in [3.63, 3.8) is 0 Å². The number of carbonyl (C=O) groups excluding carboxylic acids is 1. The van der Waals surface area contributed by atoms with Gasteiger partial charge in [-0.2, -0.15) is 0 Å². The third kappa shape index (κ3) is 2.25. The summed E-state index contributed by atoms with van der Waals surface area (Å²) < 4.78 is 4.67. The Bertz CT molecular complexity index is 425. The minimum Gasteiger partial charge on any atom is -0.467 e. The van der Waals surface area contributed by atoms with Gasteiger partial charge in [0.05, 0.1) is 7.11 Å². The van der Waals surface area contributed by atoms with Gasteiger partial charge in [0.1, 0.15) is 6.04 Å². The van der Waals surface area contributed by atoms with Crippen molar-refractivity contribution in [2.24, 2.45) is 4.99 Å². The quantitative estimate of drug-likeness (QED) is 0.742. The first-order valence-electron chi connectivity index (χ1n) is 5.11. The third-order valence-corrected chi connectivity index (χ3v) is 2.87. The predicted octanol–water partition coefficient (Wildman–Crippen LogP) is 2.46. The molecule has 1 aromatic carbocycles. The second-order valence-electron chi connectivity index (χ2n) is 3.66. The number of aliphatic imine (C=N–C) groups is 1. The van der Waals surface area contributed by atoms with Gasteiger partial charge in [0.2, 0.25) is 0 Å². The van der Waals surface area contributed by atoms with Gasteiger partial charge in [-0.25, -0.2) is 4.79 Å². The smallest absolute Gasteiger partial charge is 0.330 e. The standard InChI is InChI=1S/C12H12ClNO2/c1-16-12(15)11-7-6-10(14-11)8-2-4-9(13)5-3-8/h2-5,11H,6-7H2,1H3. The monoisotopic (exact) mass is 237 g/mol. The molecule has 1 atom stereocenters. The molecule has 0 amide bonds. The Hall–Kier alpha value is -1.35. The van der Waals surface area contributed by atoms with Crippen molar-refractivity contribution in [3.05, 3.63) is 34.9 Å².